The van der Waals surface area contributed by atoms with Gasteiger partial charge in [0.1, 0.15) is 5.75 Å². The summed E-state index contributed by atoms with van der Waals surface area (Å²) in [6, 6.07) is 10.8. The predicted molar refractivity (Wildman–Crippen MR) is 89.3 cm³/mol. The number of hydrogen-bond acceptors (Lipinski definition) is 7. The standard InChI is InChI=1S/C15H14N6O2S/c1-23-13-4-2-12(3-5-13)21-15(18-19-20-21)24-10-14(22)17-11-6-8-16-9-7-11/h2-9H,10H2,1H3,(H,16,17,22). The molecule has 0 radical (unpaired) electrons. The van der Waals surface area contributed by atoms with Crippen LogP contribution in [0, 0.1) is 0 Å². The van der Waals surface area contributed by atoms with E-state index in [0.717, 1.165) is 11.4 Å². The predicted octanol–water partition coefficient (Wildman–Crippen LogP) is 1.80. The van der Waals surface area contributed by atoms with E-state index in [1.165, 1.54) is 11.8 Å². The zero-order chi connectivity index (χ0) is 16.8. The van der Waals surface area contributed by atoms with E-state index in [-0.39, 0.29) is 11.7 Å². The molecule has 2 aromatic heterocycles. The van der Waals surface area contributed by atoms with Gasteiger partial charge >= 0.3 is 0 Å². The summed E-state index contributed by atoms with van der Waals surface area (Å²) in [5.41, 5.74) is 1.49. The van der Waals surface area contributed by atoms with Crippen LogP contribution < -0.4 is 10.1 Å². The maximum absolute atomic E-state index is 12.0. The van der Waals surface area contributed by atoms with Crippen molar-refractivity contribution < 1.29 is 9.53 Å². The largest absolute Gasteiger partial charge is 0.497 e. The van der Waals surface area contributed by atoms with Gasteiger partial charge < -0.3 is 10.1 Å². The highest BCUT2D eigenvalue weighted by Gasteiger charge is 2.12. The van der Waals surface area contributed by atoms with Gasteiger partial charge in [0.25, 0.3) is 0 Å². The fourth-order valence-electron chi connectivity index (χ4n) is 1.92. The molecule has 0 spiro atoms. The van der Waals surface area contributed by atoms with Crippen LogP contribution in [-0.2, 0) is 4.79 Å². The molecule has 0 saturated heterocycles. The number of rotatable bonds is 6. The Labute approximate surface area is 142 Å². The lowest BCUT2D eigenvalue weighted by molar-refractivity contribution is -0.113. The number of anilines is 1. The number of aromatic nitrogens is 5. The molecule has 0 aliphatic heterocycles. The van der Waals surface area contributed by atoms with Crippen LogP contribution in [-0.4, -0.2) is 44.0 Å². The van der Waals surface area contributed by atoms with Gasteiger partial charge in [-0.1, -0.05) is 11.8 Å². The molecule has 1 amide bonds. The molecule has 122 valence electrons. The molecule has 0 atom stereocenters. The van der Waals surface area contributed by atoms with Crippen LogP contribution in [0.15, 0.2) is 53.9 Å². The third-order valence-electron chi connectivity index (χ3n) is 3.05. The van der Waals surface area contributed by atoms with E-state index in [0.29, 0.717) is 10.8 Å². The van der Waals surface area contributed by atoms with E-state index in [9.17, 15) is 4.79 Å². The minimum Gasteiger partial charge on any atom is -0.497 e. The van der Waals surface area contributed by atoms with Gasteiger partial charge in [-0.2, -0.15) is 4.68 Å². The minimum atomic E-state index is -0.143. The Morgan fingerprint density at radius 1 is 1.21 bits per heavy atom. The highest BCUT2D eigenvalue weighted by Crippen LogP contribution is 2.20. The molecular weight excluding hydrogens is 328 g/mol. The zero-order valence-corrected chi connectivity index (χ0v) is 13.6. The van der Waals surface area contributed by atoms with Crippen molar-refractivity contribution in [2.24, 2.45) is 0 Å². The average Bonchev–Trinajstić information content (AvgIpc) is 3.09. The van der Waals surface area contributed by atoms with Crippen molar-refractivity contribution in [3.8, 4) is 11.4 Å². The lowest BCUT2D eigenvalue weighted by atomic mass is 10.3. The maximum Gasteiger partial charge on any atom is 0.234 e. The van der Waals surface area contributed by atoms with Crippen LogP contribution in [0.3, 0.4) is 0 Å². The quantitative estimate of drug-likeness (QED) is 0.682. The second-order valence-corrected chi connectivity index (χ2v) is 5.59. The summed E-state index contributed by atoms with van der Waals surface area (Å²) in [5.74, 6) is 0.798. The van der Waals surface area contributed by atoms with Crippen LogP contribution in [0.2, 0.25) is 0 Å². The molecule has 0 fully saturated rings. The number of tetrazole rings is 1. The van der Waals surface area contributed by atoms with E-state index in [2.05, 4.69) is 25.8 Å². The van der Waals surface area contributed by atoms with Crippen molar-refractivity contribution >= 4 is 23.4 Å². The molecule has 0 bridgehead atoms. The molecule has 3 rings (SSSR count). The van der Waals surface area contributed by atoms with E-state index in [4.69, 9.17) is 4.74 Å². The SMILES string of the molecule is COc1ccc(-n2nnnc2SCC(=O)Nc2ccncc2)cc1. The monoisotopic (exact) mass is 342 g/mol. The molecule has 0 saturated carbocycles. The first-order chi connectivity index (χ1) is 11.8. The van der Waals surface area contributed by atoms with Gasteiger partial charge in [0.15, 0.2) is 0 Å². The summed E-state index contributed by atoms with van der Waals surface area (Å²) in [6.07, 6.45) is 3.24. The fraction of sp³-hybridized carbons (Fsp3) is 0.133. The van der Waals surface area contributed by atoms with Crippen LogP contribution >= 0.6 is 11.8 Å². The summed E-state index contributed by atoms with van der Waals surface area (Å²) in [6.45, 7) is 0. The van der Waals surface area contributed by atoms with Crippen LogP contribution in [0.5, 0.6) is 5.75 Å². The van der Waals surface area contributed by atoms with Gasteiger partial charge in [0, 0.05) is 18.1 Å². The summed E-state index contributed by atoms with van der Waals surface area (Å²) < 4.78 is 6.70. The Bertz CT molecular complexity index is 806. The van der Waals surface area contributed by atoms with E-state index >= 15 is 0 Å². The zero-order valence-electron chi connectivity index (χ0n) is 12.8. The molecule has 0 unspecified atom stereocenters. The maximum atomic E-state index is 12.0. The van der Waals surface area contributed by atoms with E-state index in [1.807, 2.05) is 24.3 Å². The Hall–Kier alpha value is -2.94. The number of carbonyl (C=O) groups excluding carboxylic acids is 1. The van der Waals surface area contributed by atoms with Gasteiger partial charge in [-0.25, -0.2) is 0 Å². The molecule has 24 heavy (non-hydrogen) atoms. The second-order valence-electron chi connectivity index (χ2n) is 4.64. The first kappa shape index (κ1) is 15.9. The smallest absolute Gasteiger partial charge is 0.234 e. The number of carbonyl (C=O) groups is 1. The van der Waals surface area contributed by atoms with Crippen molar-refractivity contribution in [1.82, 2.24) is 25.2 Å². The highest BCUT2D eigenvalue weighted by molar-refractivity contribution is 7.99. The molecule has 1 aromatic carbocycles. The number of hydrogen-bond donors (Lipinski definition) is 1. The number of thioether (sulfide) groups is 1. The lowest BCUT2D eigenvalue weighted by Gasteiger charge is -2.06. The van der Waals surface area contributed by atoms with Crippen molar-refractivity contribution in [3.05, 3.63) is 48.8 Å². The number of nitrogens with zero attached hydrogens (tertiary/aromatic N) is 5. The summed E-state index contributed by atoms with van der Waals surface area (Å²) in [7, 11) is 1.61. The van der Waals surface area contributed by atoms with Crippen LogP contribution in [0.1, 0.15) is 0 Å². The third kappa shape index (κ3) is 3.87. The van der Waals surface area contributed by atoms with Crippen molar-refractivity contribution in [2.75, 3.05) is 18.2 Å². The Morgan fingerprint density at radius 2 is 1.96 bits per heavy atom. The summed E-state index contributed by atoms with van der Waals surface area (Å²) in [4.78, 5) is 15.9. The topological polar surface area (TPSA) is 94.8 Å². The van der Waals surface area contributed by atoms with Gasteiger partial charge in [-0.15, -0.1) is 5.10 Å². The number of nitrogens with one attached hydrogen (secondary N) is 1. The average molecular weight is 342 g/mol. The van der Waals surface area contributed by atoms with E-state index < -0.39 is 0 Å². The van der Waals surface area contributed by atoms with Crippen LogP contribution in [0.4, 0.5) is 5.69 Å². The summed E-state index contributed by atoms with van der Waals surface area (Å²) in [5, 5.41) is 14.9. The van der Waals surface area contributed by atoms with Gasteiger partial charge in [0.2, 0.25) is 11.1 Å². The van der Waals surface area contributed by atoms with Gasteiger partial charge in [-0.05, 0) is 46.8 Å². The van der Waals surface area contributed by atoms with Gasteiger partial charge in [-0.3, -0.25) is 9.78 Å². The number of amides is 1. The molecule has 3 aromatic rings. The lowest BCUT2D eigenvalue weighted by Crippen LogP contribution is -2.14. The van der Waals surface area contributed by atoms with Crippen molar-refractivity contribution in [3.63, 3.8) is 0 Å². The number of ether oxygens (including phenoxy) is 1. The molecule has 8 nitrogen and oxygen atoms in total. The number of pyridine rings is 1. The molecule has 2 heterocycles. The number of methoxy groups -OCH3 is 1. The molecular formula is C15H14N6O2S. The normalized spacial score (nSPS) is 10.4. The first-order valence-electron chi connectivity index (χ1n) is 7.02. The van der Waals surface area contributed by atoms with Crippen molar-refractivity contribution in [2.45, 2.75) is 5.16 Å². The minimum absolute atomic E-state index is 0.143. The molecule has 9 heteroatoms. The van der Waals surface area contributed by atoms with Gasteiger partial charge in [0.05, 0.1) is 18.6 Å². The highest BCUT2D eigenvalue weighted by atomic mass is 32.2. The summed E-state index contributed by atoms with van der Waals surface area (Å²) >= 11 is 1.25. The first-order valence-corrected chi connectivity index (χ1v) is 8.00. The Morgan fingerprint density at radius 3 is 2.67 bits per heavy atom. The number of benzene rings is 1. The second kappa shape index (κ2) is 7.55. The Balaban J connectivity index is 1.64. The van der Waals surface area contributed by atoms with Crippen LogP contribution in [0.25, 0.3) is 5.69 Å². The molecule has 1 N–H and O–H groups in total. The Kier molecular flexibility index (Phi) is 5.02. The van der Waals surface area contributed by atoms with E-state index in [1.54, 1.807) is 36.3 Å². The van der Waals surface area contributed by atoms with Crippen molar-refractivity contribution in [1.29, 1.82) is 0 Å². The molecule has 0 aliphatic rings. The molecule has 0 aliphatic carbocycles. The fourth-order valence-corrected chi connectivity index (χ4v) is 2.61. The third-order valence-corrected chi connectivity index (χ3v) is 3.97.